The highest BCUT2D eigenvalue weighted by molar-refractivity contribution is 5.97. The topological polar surface area (TPSA) is 102 Å². The zero-order valence-corrected chi connectivity index (χ0v) is 21.5. The van der Waals surface area contributed by atoms with E-state index in [9.17, 15) is 19.5 Å². The molecule has 0 bridgehead atoms. The van der Waals surface area contributed by atoms with E-state index < -0.39 is 45.9 Å². The summed E-state index contributed by atoms with van der Waals surface area (Å²) in [6.07, 6.45) is -1.90. The van der Waals surface area contributed by atoms with Crippen molar-refractivity contribution in [1.29, 1.82) is 0 Å². The van der Waals surface area contributed by atoms with Gasteiger partial charge in [-0.15, -0.1) is 0 Å². The Balaban J connectivity index is 6.95. The average Bonchev–Trinajstić information content (AvgIpc) is 2.43. The van der Waals surface area contributed by atoms with Gasteiger partial charge in [0.1, 0.15) is 16.8 Å². The van der Waals surface area contributed by atoms with Crippen molar-refractivity contribution < 1.29 is 33.7 Å². The van der Waals surface area contributed by atoms with E-state index in [1.807, 2.05) is 0 Å². The lowest BCUT2D eigenvalue weighted by Crippen LogP contribution is -2.68. The number of ether oxygens (including phenoxy) is 3. The fourth-order valence-electron chi connectivity index (χ4n) is 3.02. The van der Waals surface area contributed by atoms with Crippen LogP contribution in [0.4, 0.5) is 9.59 Å². The van der Waals surface area contributed by atoms with Crippen LogP contribution >= 0.6 is 0 Å². The first-order chi connectivity index (χ1) is 13.6. The Morgan fingerprint density at radius 2 is 1.03 bits per heavy atom. The number of nitrogens with zero attached hydrogens (tertiary/aromatic N) is 1. The van der Waals surface area contributed by atoms with E-state index in [4.69, 9.17) is 14.2 Å². The Labute approximate surface area is 187 Å². The van der Waals surface area contributed by atoms with Gasteiger partial charge in [-0.1, -0.05) is 20.8 Å². The molecule has 1 unspecified atom stereocenters. The largest absolute Gasteiger partial charge is 0.458 e. The van der Waals surface area contributed by atoms with E-state index in [1.165, 1.54) is 0 Å². The summed E-state index contributed by atoms with van der Waals surface area (Å²) >= 11 is 0. The maximum Gasteiger partial charge on any atom is 0.420 e. The van der Waals surface area contributed by atoms with E-state index in [1.54, 1.807) is 83.1 Å². The molecule has 0 heterocycles. The van der Waals surface area contributed by atoms with Crippen LogP contribution in [-0.4, -0.2) is 57.1 Å². The lowest BCUT2D eigenvalue weighted by molar-refractivity contribution is -0.178. The van der Waals surface area contributed by atoms with E-state index >= 15 is 0 Å². The van der Waals surface area contributed by atoms with Crippen molar-refractivity contribution in [3.8, 4) is 0 Å². The van der Waals surface area contributed by atoms with Gasteiger partial charge < -0.3 is 19.3 Å². The highest BCUT2D eigenvalue weighted by Crippen LogP contribution is 2.43. The summed E-state index contributed by atoms with van der Waals surface area (Å²) in [7, 11) is 0. The number of hydrogen-bond acceptors (Lipinski definition) is 7. The molecule has 1 atom stereocenters. The molecular formula is C23H43NO7. The molecule has 0 aromatic rings. The van der Waals surface area contributed by atoms with Gasteiger partial charge in [0.25, 0.3) is 0 Å². The predicted octanol–water partition coefficient (Wildman–Crippen LogP) is 5.06. The van der Waals surface area contributed by atoms with Crippen molar-refractivity contribution in [3.63, 3.8) is 0 Å². The number of rotatable bonds is 5. The molecule has 182 valence electrons. The lowest BCUT2D eigenvalue weighted by atomic mass is 9.69. The second-order valence-corrected chi connectivity index (χ2v) is 11.7. The summed E-state index contributed by atoms with van der Waals surface area (Å²) in [4.78, 5) is 41.1. The Hall–Kier alpha value is -1.83. The first kappa shape index (κ1) is 29.2. The van der Waals surface area contributed by atoms with Gasteiger partial charge in [0.05, 0.1) is 0 Å². The van der Waals surface area contributed by atoms with Crippen molar-refractivity contribution in [3.05, 3.63) is 0 Å². The summed E-state index contributed by atoms with van der Waals surface area (Å²) in [5.74, 6) is -0.766. The summed E-state index contributed by atoms with van der Waals surface area (Å²) in [5.41, 5.74) is -5.48. The van der Waals surface area contributed by atoms with Crippen LogP contribution in [0.25, 0.3) is 0 Å². The second-order valence-electron chi connectivity index (χ2n) is 11.7. The number of hydrogen-bond donors (Lipinski definition) is 1. The first-order valence-electron chi connectivity index (χ1n) is 10.7. The highest BCUT2D eigenvalue weighted by Gasteiger charge is 2.60. The molecular weight excluding hydrogens is 402 g/mol. The molecule has 0 aliphatic heterocycles. The molecule has 2 amide bonds. The number of aliphatic hydroxyl groups excluding tert-OH is 1. The summed E-state index contributed by atoms with van der Waals surface area (Å²) in [6, 6.07) is 0. The third-order valence-electron chi connectivity index (χ3n) is 4.21. The Kier molecular flexibility index (Phi) is 9.18. The standard InChI is InChI=1S/C23H43NO7/c1-19(2,3)23(14-13-15-25,16(26)29-20(4,5)6)24(17(27)30-21(7,8)9)18(28)31-22(10,11)12/h25H,13-15H2,1-12H3. The zero-order valence-electron chi connectivity index (χ0n) is 21.5. The molecule has 1 N–H and O–H groups in total. The van der Waals surface area contributed by atoms with Gasteiger partial charge in [0.15, 0.2) is 5.54 Å². The predicted molar refractivity (Wildman–Crippen MR) is 119 cm³/mol. The van der Waals surface area contributed by atoms with E-state index in [-0.39, 0.29) is 19.4 Å². The van der Waals surface area contributed by atoms with E-state index in [0.717, 1.165) is 4.90 Å². The number of amides is 2. The molecule has 0 aliphatic rings. The summed E-state index contributed by atoms with van der Waals surface area (Å²) in [5, 5.41) is 9.54. The SMILES string of the molecule is CC(C)(C)OC(=O)N(C(=O)OC(C)(C)C)C(CCCO)(C(=O)OC(C)(C)C)C(C)(C)C. The maximum atomic E-state index is 13.7. The van der Waals surface area contributed by atoms with Crippen molar-refractivity contribution in [1.82, 2.24) is 4.90 Å². The van der Waals surface area contributed by atoms with Crippen LogP contribution < -0.4 is 0 Å². The molecule has 0 rings (SSSR count). The normalized spacial score (nSPS) is 15.0. The number of esters is 1. The van der Waals surface area contributed by atoms with Gasteiger partial charge in [-0.25, -0.2) is 14.4 Å². The van der Waals surface area contributed by atoms with Gasteiger partial charge in [-0.05, 0) is 80.6 Å². The molecule has 0 aromatic carbocycles. The third kappa shape index (κ3) is 8.67. The Morgan fingerprint density at radius 3 is 1.29 bits per heavy atom. The molecule has 0 spiro atoms. The first-order valence-corrected chi connectivity index (χ1v) is 10.7. The van der Waals surface area contributed by atoms with Crippen LogP contribution in [0, 0.1) is 5.41 Å². The minimum absolute atomic E-state index is 0.0274. The smallest absolute Gasteiger partial charge is 0.420 e. The van der Waals surface area contributed by atoms with Crippen molar-refractivity contribution in [2.75, 3.05) is 6.61 Å². The molecule has 0 fully saturated rings. The summed E-state index contributed by atoms with van der Waals surface area (Å²) < 4.78 is 16.7. The molecule has 0 saturated heterocycles. The van der Waals surface area contributed by atoms with Gasteiger partial charge in [-0.3, -0.25) is 0 Å². The molecule has 8 heteroatoms. The Bertz CT molecular complexity index is 617. The minimum atomic E-state index is -1.78. The average molecular weight is 446 g/mol. The van der Waals surface area contributed by atoms with Crippen LogP contribution in [0.1, 0.15) is 95.9 Å². The molecule has 0 saturated carbocycles. The van der Waals surface area contributed by atoms with Crippen LogP contribution in [0.15, 0.2) is 0 Å². The van der Waals surface area contributed by atoms with Crippen LogP contribution in [0.5, 0.6) is 0 Å². The van der Waals surface area contributed by atoms with Gasteiger partial charge in [0, 0.05) is 6.61 Å². The van der Waals surface area contributed by atoms with Crippen molar-refractivity contribution in [2.24, 2.45) is 5.41 Å². The van der Waals surface area contributed by atoms with Crippen LogP contribution in [-0.2, 0) is 19.0 Å². The van der Waals surface area contributed by atoms with E-state index in [0.29, 0.717) is 0 Å². The minimum Gasteiger partial charge on any atom is -0.458 e. The fourth-order valence-corrected chi connectivity index (χ4v) is 3.02. The second kappa shape index (κ2) is 9.76. The van der Waals surface area contributed by atoms with Crippen molar-refractivity contribution in [2.45, 2.75) is 118 Å². The third-order valence-corrected chi connectivity index (χ3v) is 4.21. The van der Waals surface area contributed by atoms with E-state index in [2.05, 4.69) is 0 Å². The van der Waals surface area contributed by atoms with Gasteiger partial charge >= 0.3 is 18.2 Å². The molecule has 0 aromatic heterocycles. The van der Waals surface area contributed by atoms with Gasteiger partial charge in [-0.2, -0.15) is 4.90 Å². The molecule has 0 radical (unpaired) electrons. The maximum absolute atomic E-state index is 13.7. The number of imide groups is 1. The number of carbonyl (C=O) groups is 3. The summed E-state index contributed by atoms with van der Waals surface area (Å²) in [6.45, 7) is 20.1. The van der Waals surface area contributed by atoms with Crippen LogP contribution in [0.3, 0.4) is 0 Å². The lowest BCUT2D eigenvalue weighted by Gasteiger charge is -2.49. The number of carbonyl (C=O) groups excluding carboxylic acids is 3. The number of aliphatic hydroxyl groups is 1. The monoisotopic (exact) mass is 445 g/mol. The highest BCUT2D eigenvalue weighted by atomic mass is 16.6. The molecule has 31 heavy (non-hydrogen) atoms. The Morgan fingerprint density at radius 1 is 0.677 bits per heavy atom. The van der Waals surface area contributed by atoms with Gasteiger partial charge in [0.2, 0.25) is 0 Å². The van der Waals surface area contributed by atoms with Crippen LogP contribution in [0.2, 0.25) is 0 Å². The molecule has 0 aliphatic carbocycles. The fraction of sp³-hybridized carbons (Fsp3) is 0.870. The van der Waals surface area contributed by atoms with Crippen molar-refractivity contribution >= 4 is 18.2 Å². The zero-order chi connectivity index (χ0) is 25.1. The quantitative estimate of drug-likeness (QED) is 0.466. The molecule has 8 nitrogen and oxygen atoms in total.